The normalized spacial score (nSPS) is 18.6. The van der Waals surface area contributed by atoms with Crippen LogP contribution in [0.1, 0.15) is 42.2 Å². The molecule has 0 amide bonds. The molecule has 1 aromatic heterocycles. The molecular formula is C47H40N4. The Balaban J connectivity index is 1.10. The van der Waals surface area contributed by atoms with Gasteiger partial charge in [-0.3, -0.25) is 5.32 Å². The summed E-state index contributed by atoms with van der Waals surface area (Å²) < 4.78 is 2.48. The first-order chi connectivity index (χ1) is 25.2. The molecule has 0 bridgehead atoms. The quantitative estimate of drug-likeness (QED) is 0.159. The van der Waals surface area contributed by atoms with Gasteiger partial charge in [0.15, 0.2) is 0 Å². The third-order valence-corrected chi connectivity index (χ3v) is 10.3. The fraction of sp³-hybridized carbons (Fsp3) is 0.106. The first kappa shape index (κ1) is 30.9. The summed E-state index contributed by atoms with van der Waals surface area (Å²) in [7, 11) is 0. The van der Waals surface area contributed by atoms with Gasteiger partial charge in [-0.05, 0) is 71.2 Å². The van der Waals surface area contributed by atoms with Crippen molar-refractivity contribution in [3.63, 3.8) is 0 Å². The van der Waals surface area contributed by atoms with Gasteiger partial charge < -0.3 is 15.2 Å². The molecule has 1 aliphatic carbocycles. The van der Waals surface area contributed by atoms with Crippen LogP contribution in [-0.2, 0) is 0 Å². The zero-order chi connectivity index (χ0) is 34.1. The molecule has 0 spiro atoms. The van der Waals surface area contributed by atoms with E-state index in [1.54, 1.807) is 0 Å². The largest absolute Gasteiger partial charge is 0.366 e. The average molecular weight is 661 g/mol. The molecular weight excluding hydrogens is 621 g/mol. The number of fused-ring (bicyclic) bond motifs is 3. The topological polar surface area (TPSA) is 41.0 Å². The molecule has 3 N–H and O–H groups in total. The molecule has 6 aromatic carbocycles. The second-order valence-corrected chi connectivity index (χ2v) is 13.6. The molecule has 2 aliphatic rings. The molecule has 51 heavy (non-hydrogen) atoms. The smallest absolute Gasteiger partial charge is 0.104 e. The highest BCUT2D eigenvalue weighted by atomic mass is 15.2. The number of nitrogens with zero attached hydrogens (tertiary/aromatic N) is 1. The van der Waals surface area contributed by atoms with E-state index in [0.717, 1.165) is 23.5 Å². The molecule has 1 aliphatic heterocycles. The van der Waals surface area contributed by atoms with E-state index >= 15 is 0 Å². The van der Waals surface area contributed by atoms with Gasteiger partial charge in [-0.25, -0.2) is 0 Å². The summed E-state index contributed by atoms with van der Waals surface area (Å²) in [6, 6.07) is 54.4. The molecule has 7 aromatic rings. The molecule has 0 saturated carbocycles. The Hall–Kier alpha value is -6.10. The summed E-state index contributed by atoms with van der Waals surface area (Å²) in [4.78, 5) is 0. The molecule has 4 heteroatoms. The highest BCUT2D eigenvalue weighted by molar-refractivity contribution is 6.13. The Labute approximate surface area is 299 Å². The fourth-order valence-corrected chi connectivity index (χ4v) is 7.67. The third-order valence-electron chi connectivity index (χ3n) is 10.3. The zero-order valence-electron chi connectivity index (χ0n) is 28.6. The van der Waals surface area contributed by atoms with E-state index in [2.05, 4.69) is 203 Å². The Morgan fingerprint density at radius 3 is 2.08 bits per heavy atom. The highest BCUT2D eigenvalue weighted by Crippen LogP contribution is 2.42. The molecule has 0 saturated heterocycles. The van der Waals surface area contributed by atoms with Crippen molar-refractivity contribution in [3.05, 3.63) is 193 Å². The predicted molar refractivity (Wildman–Crippen MR) is 214 cm³/mol. The first-order valence-electron chi connectivity index (χ1n) is 17.9. The molecule has 2 heterocycles. The maximum Gasteiger partial charge on any atom is 0.104 e. The van der Waals surface area contributed by atoms with E-state index in [1.807, 2.05) is 0 Å². The van der Waals surface area contributed by atoms with Gasteiger partial charge in [0.25, 0.3) is 0 Å². The van der Waals surface area contributed by atoms with Gasteiger partial charge >= 0.3 is 0 Å². The number of anilines is 2. The molecule has 0 radical (unpaired) electrons. The van der Waals surface area contributed by atoms with Gasteiger partial charge in [0, 0.05) is 45.0 Å². The lowest BCUT2D eigenvalue weighted by Gasteiger charge is -2.33. The number of nitrogens with one attached hydrogen (secondary N) is 3. The summed E-state index contributed by atoms with van der Waals surface area (Å²) in [5.74, 6) is 0.424. The molecule has 248 valence electrons. The minimum atomic E-state index is -0.0591. The summed E-state index contributed by atoms with van der Waals surface area (Å²) in [6.07, 6.45) is 10.0. The highest BCUT2D eigenvalue weighted by Gasteiger charge is 2.25. The van der Waals surface area contributed by atoms with Gasteiger partial charge in [0.1, 0.15) is 6.17 Å². The van der Waals surface area contributed by atoms with E-state index in [1.165, 1.54) is 55.3 Å². The number of para-hydroxylation sites is 1. The van der Waals surface area contributed by atoms with Crippen molar-refractivity contribution >= 4 is 44.6 Å². The van der Waals surface area contributed by atoms with Gasteiger partial charge in [0.2, 0.25) is 0 Å². The Kier molecular flexibility index (Phi) is 8.07. The number of aromatic nitrogens is 1. The number of hydrogen-bond acceptors (Lipinski definition) is 3. The average Bonchev–Trinajstić information content (AvgIpc) is 3.52. The fourth-order valence-electron chi connectivity index (χ4n) is 7.67. The van der Waals surface area contributed by atoms with Gasteiger partial charge in [0.05, 0.1) is 17.1 Å². The molecule has 9 rings (SSSR count). The number of benzene rings is 6. The summed E-state index contributed by atoms with van der Waals surface area (Å²) >= 11 is 0. The number of allylic oxidation sites excluding steroid dienone is 4. The van der Waals surface area contributed by atoms with Crippen molar-refractivity contribution in [2.24, 2.45) is 5.92 Å². The molecule has 4 nitrogen and oxygen atoms in total. The second-order valence-electron chi connectivity index (χ2n) is 13.6. The second kappa shape index (κ2) is 13.3. The third kappa shape index (κ3) is 5.94. The van der Waals surface area contributed by atoms with Crippen molar-refractivity contribution in [1.29, 1.82) is 0 Å². The van der Waals surface area contributed by atoms with Crippen LogP contribution in [-0.4, -0.2) is 4.57 Å². The SMILES string of the molecule is CC1CC=CC=C1n1c2ccccc2c2cc(-c3ccccc3)c(Nc3ccc(C4NC(c5ccccc5)=CC(c5ccccc5)N4)cc3)cc21. The predicted octanol–water partition coefficient (Wildman–Crippen LogP) is 11.6. The van der Waals surface area contributed by atoms with E-state index in [4.69, 9.17) is 0 Å². The minimum absolute atomic E-state index is 0.0591. The van der Waals surface area contributed by atoms with Crippen molar-refractivity contribution in [3.8, 4) is 11.1 Å². The minimum Gasteiger partial charge on any atom is -0.366 e. The van der Waals surface area contributed by atoms with Gasteiger partial charge in [-0.2, -0.15) is 0 Å². The van der Waals surface area contributed by atoms with Crippen LogP contribution in [0.25, 0.3) is 44.3 Å². The van der Waals surface area contributed by atoms with Crippen LogP contribution in [0.5, 0.6) is 0 Å². The van der Waals surface area contributed by atoms with Crippen LogP contribution in [0.15, 0.2) is 176 Å². The van der Waals surface area contributed by atoms with Crippen molar-refractivity contribution in [2.45, 2.75) is 25.6 Å². The van der Waals surface area contributed by atoms with Gasteiger partial charge in [-0.15, -0.1) is 0 Å². The summed E-state index contributed by atoms with van der Waals surface area (Å²) in [5.41, 5.74) is 13.0. The van der Waals surface area contributed by atoms with Crippen molar-refractivity contribution in [1.82, 2.24) is 15.2 Å². The van der Waals surface area contributed by atoms with Crippen LogP contribution in [0.2, 0.25) is 0 Å². The number of rotatable bonds is 7. The lowest BCUT2D eigenvalue weighted by Crippen LogP contribution is -2.39. The summed E-state index contributed by atoms with van der Waals surface area (Å²) in [6.45, 7) is 2.33. The molecule has 3 unspecified atom stereocenters. The maximum atomic E-state index is 3.85. The van der Waals surface area contributed by atoms with E-state index in [9.17, 15) is 0 Å². The molecule has 0 fully saturated rings. The van der Waals surface area contributed by atoms with Crippen LogP contribution >= 0.6 is 0 Å². The van der Waals surface area contributed by atoms with Crippen molar-refractivity contribution < 1.29 is 0 Å². The van der Waals surface area contributed by atoms with E-state index in [0.29, 0.717) is 5.92 Å². The lowest BCUT2D eigenvalue weighted by molar-refractivity contribution is 0.443. The zero-order valence-corrected chi connectivity index (χ0v) is 28.6. The first-order valence-corrected chi connectivity index (χ1v) is 17.9. The van der Waals surface area contributed by atoms with Crippen LogP contribution in [0.4, 0.5) is 11.4 Å². The van der Waals surface area contributed by atoms with Crippen LogP contribution < -0.4 is 16.0 Å². The molecule has 3 atom stereocenters. The van der Waals surface area contributed by atoms with E-state index < -0.39 is 0 Å². The monoisotopic (exact) mass is 660 g/mol. The lowest BCUT2D eigenvalue weighted by atomic mass is 9.98. The number of hydrogen-bond donors (Lipinski definition) is 3. The maximum absolute atomic E-state index is 3.85. The van der Waals surface area contributed by atoms with Crippen LogP contribution in [0, 0.1) is 5.92 Å². The van der Waals surface area contributed by atoms with Crippen LogP contribution in [0.3, 0.4) is 0 Å². The van der Waals surface area contributed by atoms with Gasteiger partial charge in [-0.1, -0.05) is 140 Å². The summed E-state index contributed by atoms with van der Waals surface area (Å²) in [5, 5.41) is 14.0. The Morgan fingerprint density at radius 2 is 1.33 bits per heavy atom. The Bertz CT molecular complexity index is 2420. The standard InChI is InChI=1S/C47H40N4/c1-32-15-11-13-23-44(32)51-45-24-14-12-22-38(45)40-29-39(33-16-5-2-6-17-33)43(31-46(40)51)48-37-27-25-36(26-28-37)47-49-41(34-18-7-3-8-19-34)30-42(50-47)35-20-9-4-10-21-35/h2-14,16-32,41,47-50H,15H2,1H3. The van der Waals surface area contributed by atoms with Crippen molar-refractivity contribution in [2.75, 3.05) is 5.32 Å². The Morgan fingerprint density at radius 1 is 0.647 bits per heavy atom. The van der Waals surface area contributed by atoms with E-state index in [-0.39, 0.29) is 12.2 Å².